The van der Waals surface area contributed by atoms with Crippen LogP contribution >= 0.6 is 0 Å². The van der Waals surface area contributed by atoms with Crippen LogP contribution in [-0.4, -0.2) is 96.3 Å². The predicted octanol–water partition coefficient (Wildman–Crippen LogP) is 6.68. The lowest BCUT2D eigenvalue weighted by atomic mass is 10.00. The Hall–Kier alpha value is -4.88. The van der Waals surface area contributed by atoms with E-state index in [4.69, 9.17) is 9.90 Å². The third kappa shape index (κ3) is 12.6. The van der Waals surface area contributed by atoms with E-state index >= 15 is 4.39 Å². The lowest BCUT2D eigenvalue weighted by molar-refractivity contribution is -0.192. The second kappa shape index (κ2) is 19.4. The first-order valence-corrected chi connectivity index (χ1v) is 18.1. The molecule has 1 atom stereocenters. The topological polar surface area (TPSA) is 88.2 Å². The summed E-state index contributed by atoms with van der Waals surface area (Å²) in [5.41, 5.74) is 6.46. The van der Waals surface area contributed by atoms with E-state index < -0.39 is 12.1 Å². The van der Waals surface area contributed by atoms with Crippen molar-refractivity contribution in [3.8, 4) is 11.1 Å². The number of carboxylic acids is 1. The molecule has 0 spiro atoms. The van der Waals surface area contributed by atoms with E-state index in [0.29, 0.717) is 23.7 Å². The van der Waals surface area contributed by atoms with Gasteiger partial charge in [-0.2, -0.15) is 13.2 Å². The number of rotatable bonds is 11. The molecular formula is C42H47F4N5O3. The normalized spacial score (nSPS) is 17.2. The van der Waals surface area contributed by atoms with Crippen LogP contribution in [0.15, 0.2) is 103 Å². The number of carboxylic acid groups (broad SMARTS) is 1. The number of carbonyl (C=O) groups excluding carboxylic acids is 1. The minimum absolute atomic E-state index is 0.125. The molecule has 4 aromatic rings. The Kier molecular flexibility index (Phi) is 14.5. The van der Waals surface area contributed by atoms with Gasteiger partial charge in [0.05, 0.1) is 0 Å². The zero-order valence-corrected chi connectivity index (χ0v) is 30.4. The molecule has 286 valence electrons. The van der Waals surface area contributed by atoms with E-state index in [0.717, 1.165) is 82.1 Å². The SMILES string of the molecule is C[C@H]1CN(Cc2cccc(-c3cc(CNC(=O)c4cccc(CN5CCN(C/C=C/c6ccccc6)CC5)c4)ccc3F)c2)CCN1.O=C(O)C(F)(F)F. The predicted molar refractivity (Wildman–Crippen MR) is 203 cm³/mol. The molecule has 2 aliphatic rings. The summed E-state index contributed by atoms with van der Waals surface area (Å²) in [6, 6.07) is 32.0. The van der Waals surface area contributed by atoms with Crippen LogP contribution in [0.2, 0.25) is 0 Å². The highest BCUT2D eigenvalue weighted by Crippen LogP contribution is 2.26. The van der Waals surface area contributed by atoms with Gasteiger partial charge in [0, 0.05) is 89.2 Å². The number of nitrogens with one attached hydrogen (secondary N) is 2. The fraction of sp³-hybridized carbons (Fsp3) is 0.333. The van der Waals surface area contributed by atoms with Gasteiger partial charge in [0.25, 0.3) is 5.91 Å². The average Bonchev–Trinajstić information content (AvgIpc) is 3.15. The number of hydrogen-bond acceptors (Lipinski definition) is 6. The van der Waals surface area contributed by atoms with Crippen molar-refractivity contribution in [1.29, 1.82) is 0 Å². The molecule has 0 saturated carbocycles. The summed E-state index contributed by atoms with van der Waals surface area (Å²) in [7, 11) is 0. The Bertz CT molecular complexity index is 1860. The van der Waals surface area contributed by atoms with Crippen LogP contribution in [0.25, 0.3) is 17.2 Å². The quantitative estimate of drug-likeness (QED) is 0.148. The van der Waals surface area contributed by atoms with Gasteiger partial charge in [-0.3, -0.25) is 19.5 Å². The number of nitrogens with zero attached hydrogens (tertiary/aromatic N) is 3. The lowest BCUT2D eigenvalue weighted by Gasteiger charge is -2.34. The van der Waals surface area contributed by atoms with Crippen molar-refractivity contribution < 1.29 is 32.3 Å². The highest BCUT2D eigenvalue weighted by atomic mass is 19.4. The molecule has 8 nitrogen and oxygen atoms in total. The minimum Gasteiger partial charge on any atom is -0.475 e. The molecule has 3 N–H and O–H groups in total. The summed E-state index contributed by atoms with van der Waals surface area (Å²) in [4.78, 5) is 29.4. The zero-order valence-electron chi connectivity index (χ0n) is 30.4. The molecule has 0 unspecified atom stereocenters. The molecule has 0 aliphatic carbocycles. The van der Waals surface area contributed by atoms with Gasteiger partial charge < -0.3 is 15.7 Å². The van der Waals surface area contributed by atoms with E-state index in [9.17, 15) is 18.0 Å². The number of piperazine rings is 2. The molecule has 6 rings (SSSR count). The van der Waals surface area contributed by atoms with Crippen LogP contribution in [0.1, 0.15) is 39.5 Å². The summed E-state index contributed by atoms with van der Waals surface area (Å²) >= 11 is 0. The third-order valence-electron chi connectivity index (χ3n) is 9.36. The molecule has 1 amide bonds. The first kappa shape index (κ1) is 40.3. The van der Waals surface area contributed by atoms with Crippen molar-refractivity contribution in [2.75, 3.05) is 52.4 Å². The van der Waals surface area contributed by atoms with Crippen LogP contribution in [0.5, 0.6) is 0 Å². The summed E-state index contributed by atoms with van der Waals surface area (Å²) in [6.07, 6.45) is -0.653. The van der Waals surface area contributed by atoms with Crippen molar-refractivity contribution in [3.05, 3.63) is 137 Å². The smallest absolute Gasteiger partial charge is 0.475 e. The van der Waals surface area contributed by atoms with Crippen molar-refractivity contribution in [3.63, 3.8) is 0 Å². The number of benzene rings is 4. The summed E-state index contributed by atoms with van der Waals surface area (Å²) in [6.45, 7) is 12.2. The van der Waals surface area contributed by atoms with Crippen LogP contribution in [0, 0.1) is 5.82 Å². The van der Waals surface area contributed by atoms with Crippen LogP contribution in [0.3, 0.4) is 0 Å². The van der Waals surface area contributed by atoms with E-state index in [-0.39, 0.29) is 11.7 Å². The molecule has 4 aromatic carbocycles. The number of carbonyl (C=O) groups is 2. The highest BCUT2D eigenvalue weighted by Gasteiger charge is 2.38. The van der Waals surface area contributed by atoms with E-state index in [1.165, 1.54) is 17.2 Å². The van der Waals surface area contributed by atoms with Crippen LogP contribution in [0.4, 0.5) is 17.6 Å². The van der Waals surface area contributed by atoms with Gasteiger partial charge >= 0.3 is 12.1 Å². The monoisotopic (exact) mass is 745 g/mol. The van der Waals surface area contributed by atoms with Crippen molar-refractivity contribution in [1.82, 2.24) is 25.3 Å². The highest BCUT2D eigenvalue weighted by molar-refractivity contribution is 5.94. The lowest BCUT2D eigenvalue weighted by Crippen LogP contribution is -2.48. The molecule has 12 heteroatoms. The largest absolute Gasteiger partial charge is 0.490 e. The maximum Gasteiger partial charge on any atom is 0.490 e. The van der Waals surface area contributed by atoms with Gasteiger partial charge in [0.15, 0.2) is 0 Å². The Morgan fingerprint density at radius 2 is 1.48 bits per heavy atom. The maximum absolute atomic E-state index is 15.0. The van der Waals surface area contributed by atoms with Gasteiger partial charge in [-0.15, -0.1) is 0 Å². The minimum atomic E-state index is -5.08. The fourth-order valence-electron chi connectivity index (χ4n) is 6.54. The van der Waals surface area contributed by atoms with Gasteiger partial charge in [-0.05, 0) is 65.1 Å². The average molecular weight is 746 g/mol. The Morgan fingerprint density at radius 1 is 0.815 bits per heavy atom. The van der Waals surface area contributed by atoms with Crippen LogP contribution < -0.4 is 10.6 Å². The van der Waals surface area contributed by atoms with Crippen molar-refractivity contribution in [2.45, 2.75) is 38.8 Å². The maximum atomic E-state index is 15.0. The molecule has 0 aromatic heterocycles. The number of amides is 1. The number of hydrogen-bond donors (Lipinski definition) is 3. The van der Waals surface area contributed by atoms with E-state index in [1.807, 2.05) is 42.5 Å². The Labute approximate surface area is 314 Å². The molecule has 2 fully saturated rings. The van der Waals surface area contributed by atoms with Gasteiger partial charge in [0.1, 0.15) is 5.82 Å². The molecule has 0 radical (unpaired) electrons. The molecule has 2 heterocycles. The zero-order chi connectivity index (χ0) is 38.5. The van der Waals surface area contributed by atoms with E-state index in [2.05, 4.69) is 86.9 Å². The molecule has 54 heavy (non-hydrogen) atoms. The first-order chi connectivity index (χ1) is 25.9. The number of alkyl halides is 3. The van der Waals surface area contributed by atoms with E-state index in [1.54, 1.807) is 6.07 Å². The van der Waals surface area contributed by atoms with Crippen LogP contribution in [-0.2, 0) is 24.4 Å². The first-order valence-electron chi connectivity index (χ1n) is 18.1. The fourth-order valence-corrected chi connectivity index (χ4v) is 6.54. The van der Waals surface area contributed by atoms with Gasteiger partial charge in [-0.25, -0.2) is 9.18 Å². The van der Waals surface area contributed by atoms with Gasteiger partial charge in [-0.1, -0.05) is 78.9 Å². The number of aliphatic carboxylic acids is 1. The second-order valence-corrected chi connectivity index (χ2v) is 13.7. The summed E-state index contributed by atoms with van der Waals surface area (Å²) in [5, 5.41) is 13.7. The second-order valence-electron chi connectivity index (χ2n) is 13.7. The Morgan fingerprint density at radius 3 is 2.19 bits per heavy atom. The third-order valence-corrected chi connectivity index (χ3v) is 9.36. The molecule has 0 bridgehead atoms. The standard InChI is InChI=1S/C40H46FN5O.C2HF3O2/c1-31-28-46(19-17-42-31)30-34-10-5-13-36(24-34)38-26-33(15-16-39(38)41)27-43-40(47)37-14-6-11-35(25-37)29-45-22-20-44(21-23-45)18-7-12-32-8-3-2-4-9-32;3-2(4,5)1(6)7/h2-16,24-26,31,42H,17-23,27-30H2,1H3,(H,43,47);(H,6,7)/b12-7+;/t31-;/m0./s1. The molecule has 2 saturated heterocycles. The summed E-state index contributed by atoms with van der Waals surface area (Å²) < 4.78 is 46.8. The molecular weight excluding hydrogens is 698 g/mol. The summed E-state index contributed by atoms with van der Waals surface area (Å²) in [5.74, 6) is -3.14. The molecule has 2 aliphatic heterocycles. The van der Waals surface area contributed by atoms with Gasteiger partial charge in [0.2, 0.25) is 0 Å². The van der Waals surface area contributed by atoms with Crippen molar-refractivity contribution in [2.24, 2.45) is 0 Å². The van der Waals surface area contributed by atoms with Crippen molar-refractivity contribution >= 4 is 18.0 Å². The Balaban J connectivity index is 0.000000730. The number of halogens is 4.